The van der Waals surface area contributed by atoms with E-state index in [1.54, 1.807) is 4.90 Å². The smallest absolute Gasteiger partial charge is 0.304 e. The van der Waals surface area contributed by atoms with Crippen molar-refractivity contribution >= 4 is 27.8 Å². The van der Waals surface area contributed by atoms with Gasteiger partial charge in [-0.15, -0.1) is 11.3 Å². The van der Waals surface area contributed by atoms with Gasteiger partial charge in [0, 0.05) is 19.2 Å². The van der Waals surface area contributed by atoms with Gasteiger partial charge < -0.3 is 10.0 Å². The number of nitro groups is 1. The van der Waals surface area contributed by atoms with Crippen molar-refractivity contribution < 1.29 is 14.8 Å². The fourth-order valence-electron chi connectivity index (χ4n) is 1.69. The van der Waals surface area contributed by atoms with Crippen molar-refractivity contribution in [2.75, 3.05) is 24.6 Å². The van der Waals surface area contributed by atoms with E-state index in [0.717, 1.165) is 24.2 Å². The molecule has 7 heteroatoms. The van der Waals surface area contributed by atoms with E-state index in [9.17, 15) is 14.9 Å². The molecule has 0 amide bonds. The lowest BCUT2D eigenvalue weighted by Gasteiger charge is -2.21. The molecule has 0 aliphatic rings. The van der Waals surface area contributed by atoms with E-state index >= 15 is 0 Å². The van der Waals surface area contributed by atoms with Crippen molar-refractivity contribution in [2.45, 2.75) is 26.7 Å². The summed E-state index contributed by atoms with van der Waals surface area (Å²) in [5.74, 6) is -0.182. The minimum atomic E-state index is -0.478. The molecule has 0 saturated heterocycles. The summed E-state index contributed by atoms with van der Waals surface area (Å²) in [5.41, 5.74) is -0.0558. The third-order valence-electron chi connectivity index (χ3n) is 2.68. The number of hydrogen-bond acceptors (Lipinski definition) is 6. The van der Waals surface area contributed by atoms with E-state index < -0.39 is 4.92 Å². The fraction of sp³-hybridized carbons (Fsp3) is 0.583. The molecule has 0 unspecified atom stereocenters. The van der Waals surface area contributed by atoms with Gasteiger partial charge in [0.1, 0.15) is 0 Å². The zero-order chi connectivity index (χ0) is 14.4. The summed E-state index contributed by atoms with van der Waals surface area (Å²) < 4.78 is 0. The lowest BCUT2D eigenvalue weighted by atomic mass is 10.3. The Balaban J connectivity index is 3.11. The van der Waals surface area contributed by atoms with Gasteiger partial charge in [0.2, 0.25) is 0 Å². The Kier molecular flexibility index (Phi) is 5.91. The molecule has 1 aromatic rings. The number of aliphatic hydroxyl groups is 1. The van der Waals surface area contributed by atoms with Crippen LogP contribution in [0.5, 0.6) is 0 Å². The van der Waals surface area contributed by atoms with Crippen LogP contribution in [0.2, 0.25) is 0 Å². The monoisotopic (exact) mass is 286 g/mol. The minimum absolute atomic E-state index is 0.0558. The van der Waals surface area contributed by atoms with Crippen LogP contribution >= 0.6 is 11.3 Å². The molecule has 0 fully saturated rings. The molecular formula is C12H18N2O4S. The topological polar surface area (TPSA) is 83.7 Å². The molecule has 0 aliphatic carbocycles. The van der Waals surface area contributed by atoms with E-state index in [1.165, 1.54) is 13.0 Å². The Hall–Kier alpha value is -1.47. The number of hydrogen-bond donors (Lipinski definition) is 1. The van der Waals surface area contributed by atoms with Gasteiger partial charge in [-0.3, -0.25) is 14.9 Å². The summed E-state index contributed by atoms with van der Waals surface area (Å²) in [6.07, 6.45) is 1.84. The maximum absolute atomic E-state index is 11.3. The van der Waals surface area contributed by atoms with Gasteiger partial charge in [0.15, 0.2) is 10.8 Å². The molecular weight excluding hydrogens is 268 g/mol. The molecule has 0 bridgehead atoms. The number of carbonyl (C=O) groups is 1. The second-order valence-corrected chi connectivity index (χ2v) is 5.21. The van der Waals surface area contributed by atoms with E-state index in [2.05, 4.69) is 0 Å². The molecule has 19 heavy (non-hydrogen) atoms. The fourth-order valence-corrected chi connectivity index (χ4v) is 2.76. The quantitative estimate of drug-likeness (QED) is 0.451. The molecule has 1 aromatic heterocycles. The third kappa shape index (κ3) is 4.00. The van der Waals surface area contributed by atoms with Crippen LogP contribution in [0.25, 0.3) is 0 Å². The number of unbranched alkanes of at least 4 members (excludes halogenated alkanes) is 1. The molecule has 0 saturated carbocycles. The first-order valence-corrected chi connectivity index (χ1v) is 6.97. The predicted molar refractivity (Wildman–Crippen MR) is 75.2 cm³/mol. The van der Waals surface area contributed by atoms with Crippen LogP contribution < -0.4 is 4.90 Å². The number of anilines is 1. The van der Waals surface area contributed by atoms with Gasteiger partial charge in [-0.1, -0.05) is 13.3 Å². The summed E-state index contributed by atoms with van der Waals surface area (Å²) in [6, 6.07) is 1.32. The van der Waals surface area contributed by atoms with E-state index in [-0.39, 0.29) is 18.1 Å². The van der Waals surface area contributed by atoms with Gasteiger partial charge >= 0.3 is 5.69 Å². The zero-order valence-electron chi connectivity index (χ0n) is 11.1. The van der Waals surface area contributed by atoms with Gasteiger partial charge in [-0.2, -0.15) is 0 Å². The number of rotatable bonds is 8. The summed E-state index contributed by atoms with van der Waals surface area (Å²) in [4.78, 5) is 24.1. The highest BCUT2D eigenvalue weighted by atomic mass is 32.1. The first-order valence-electron chi connectivity index (χ1n) is 6.16. The van der Waals surface area contributed by atoms with Crippen LogP contribution in [-0.4, -0.2) is 35.5 Å². The van der Waals surface area contributed by atoms with Gasteiger partial charge in [0.05, 0.1) is 16.4 Å². The maximum Gasteiger partial charge on any atom is 0.304 e. The molecule has 0 spiro atoms. The number of nitrogens with zero attached hydrogens (tertiary/aromatic N) is 2. The molecule has 6 nitrogen and oxygen atoms in total. The lowest BCUT2D eigenvalue weighted by molar-refractivity contribution is -0.383. The number of thiophene rings is 1. The molecule has 1 rings (SSSR count). The average molecular weight is 286 g/mol. The average Bonchev–Trinajstić information content (AvgIpc) is 2.79. The maximum atomic E-state index is 11.3. The molecule has 0 atom stereocenters. The molecule has 1 N–H and O–H groups in total. The zero-order valence-corrected chi connectivity index (χ0v) is 11.9. The number of Topliss-reactive ketones (excluding diaryl/α,β-unsaturated/α-hetero) is 1. The van der Waals surface area contributed by atoms with Crippen LogP contribution in [0.1, 0.15) is 36.4 Å². The molecule has 0 aliphatic heterocycles. The second kappa shape index (κ2) is 7.20. The highest BCUT2D eigenvalue weighted by Gasteiger charge is 2.24. The van der Waals surface area contributed by atoms with Crippen molar-refractivity contribution in [3.63, 3.8) is 0 Å². The molecule has 106 valence electrons. The molecule has 0 aromatic carbocycles. The largest absolute Gasteiger partial charge is 0.395 e. The molecule has 1 heterocycles. The number of aliphatic hydroxyl groups excluding tert-OH is 1. The Labute approximate surface area is 115 Å². The van der Waals surface area contributed by atoms with Crippen LogP contribution in [0.3, 0.4) is 0 Å². The van der Waals surface area contributed by atoms with E-state index in [1.807, 2.05) is 6.92 Å². The Bertz CT molecular complexity index is 459. The third-order valence-corrected chi connectivity index (χ3v) is 3.96. The van der Waals surface area contributed by atoms with Crippen LogP contribution in [0, 0.1) is 10.1 Å². The minimum Gasteiger partial charge on any atom is -0.395 e. The highest BCUT2D eigenvalue weighted by molar-refractivity contribution is 7.18. The van der Waals surface area contributed by atoms with Gasteiger partial charge in [0.25, 0.3) is 0 Å². The number of carbonyl (C=O) groups excluding carboxylic acids is 1. The van der Waals surface area contributed by atoms with Crippen molar-refractivity contribution in [3.05, 3.63) is 21.1 Å². The Morgan fingerprint density at radius 1 is 1.53 bits per heavy atom. The van der Waals surface area contributed by atoms with Crippen molar-refractivity contribution in [1.29, 1.82) is 0 Å². The van der Waals surface area contributed by atoms with E-state index in [4.69, 9.17) is 5.11 Å². The second-order valence-electron chi connectivity index (χ2n) is 4.18. The number of ketones is 1. The van der Waals surface area contributed by atoms with Crippen molar-refractivity contribution in [2.24, 2.45) is 0 Å². The summed E-state index contributed by atoms with van der Waals surface area (Å²) >= 11 is 1.12. The SMILES string of the molecule is CCCCN(CCO)c1sc(C(C)=O)cc1[N+](=O)[O-]. The standard InChI is InChI=1S/C12H18N2O4S/c1-3-4-5-13(6-7-15)12-10(14(17)18)8-11(19-12)9(2)16/h8,15H,3-7H2,1-2H3. The van der Waals surface area contributed by atoms with Gasteiger partial charge in [-0.25, -0.2) is 0 Å². The summed E-state index contributed by atoms with van der Waals surface area (Å²) in [5, 5.41) is 20.6. The van der Waals surface area contributed by atoms with Crippen molar-refractivity contribution in [1.82, 2.24) is 0 Å². The summed E-state index contributed by atoms with van der Waals surface area (Å²) in [7, 11) is 0. The van der Waals surface area contributed by atoms with Crippen molar-refractivity contribution in [3.8, 4) is 0 Å². The normalized spacial score (nSPS) is 10.5. The summed E-state index contributed by atoms with van der Waals surface area (Å²) in [6.45, 7) is 4.31. The highest BCUT2D eigenvalue weighted by Crippen LogP contribution is 2.37. The Morgan fingerprint density at radius 3 is 2.68 bits per heavy atom. The van der Waals surface area contributed by atoms with Crippen LogP contribution in [0.15, 0.2) is 6.07 Å². The van der Waals surface area contributed by atoms with E-state index in [0.29, 0.717) is 23.0 Å². The first kappa shape index (κ1) is 15.6. The van der Waals surface area contributed by atoms with Gasteiger partial charge in [-0.05, 0) is 13.3 Å². The Morgan fingerprint density at radius 2 is 2.21 bits per heavy atom. The predicted octanol–water partition coefficient (Wildman–Crippen LogP) is 2.46. The molecule has 0 radical (unpaired) electrons. The van der Waals surface area contributed by atoms with Crippen LogP contribution in [-0.2, 0) is 0 Å². The van der Waals surface area contributed by atoms with Crippen LogP contribution in [0.4, 0.5) is 10.7 Å². The lowest BCUT2D eigenvalue weighted by Crippen LogP contribution is -2.27. The first-order chi connectivity index (χ1) is 9.01.